The lowest BCUT2D eigenvalue weighted by molar-refractivity contribution is 0.218. The normalized spacial score (nSPS) is 15.6. The number of carbonyl (C=O) groups is 1. The molecule has 5 heteroatoms. The van der Waals surface area contributed by atoms with E-state index in [9.17, 15) is 4.79 Å². The van der Waals surface area contributed by atoms with Crippen LogP contribution < -0.4 is 10.6 Å². The van der Waals surface area contributed by atoms with E-state index in [0.29, 0.717) is 6.54 Å². The third-order valence-corrected chi connectivity index (χ3v) is 3.79. The van der Waals surface area contributed by atoms with Crippen LogP contribution in [0.5, 0.6) is 0 Å². The molecule has 110 valence electrons. The average Bonchev–Trinajstić information content (AvgIpc) is 2.87. The van der Waals surface area contributed by atoms with Crippen molar-refractivity contribution < 1.29 is 9.21 Å². The SMILES string of the molecule is CNC(c1ccc2c(c1)CN(C)C(=O)N2)c1ccc(C)o1. The summed E-state index contributed by atoms with van der Waals surface area (Å²) >= 11 is 0. The van der Waals surface area contributed by atoms with Gasteiger partial charge in [0, 0.05) is 19.3 Å². The third kappa shape index (κ3) is 2.52. The number of rotatable bonds is 3. The summed E-state index contributed by atoms with van der Waals surface area (Å²) in [6, 6.07) is 9.98. The van der Waals surface area contributed by atoms with E-state index in [1.807, 2.05) is 38.2 Å². The molecule has 2 N–H and O–H groups in total. The van der Waals surface area contributed by atoms with Gasteiger partial charge in [0.15, 0.2) is 0 Å². The number of urea groups is 1. The van der Waals surface area contributed by atoms with Crippen LogP contribution in [0, 0.1) is 6.92 Å². The first-order valence-corrected chi connectivity index (χ1v) is 6.97. The van der Waals surface area contributed by atoms with Crippen LogP contribution in [-0.4, -0.2) is 25.0 Å². The second-order valence-corrected chi connectivity index (χ2v) is 5.37. The van der Waals surface area contributed by atoms with Gasteiger partial charge >= 0.3 is 6.03 Å². The number of hydrogen-bond donors (Lipinski definition) is 2. The molecule has 0 radical (unpaired) electrons. The van der Waals surface area contributed by atoms with Crippen molar-refractivity contribution in [1.29, 1.82) is 0 Å². The lowest BCUT2D eigenvalue weighted by atomic mass is 9.99. The van der Waals surface area contributed by atoms with E-state index in [-0.39, 0.29) is 12.1 Å². The van der Waals surface area contributed by atoms with Gasteiger partial charge in [0.2, 0.25) is 0 Å². The van der Waals surface area contributed by atoms with Gasteiger partial charge in [0.25, 0.3) is 0 Å². The predicted octanol–water partition coefficient (Wildman–Crippen LogP) is 2.87. The smallest absolute Gasteiger partial charge is 0.321 e. The largest absolute Gasteiger partial charge is 0.464 e. The van der Waals surface area contributed by atoms with Crippen molar-refractivity contribution in [2.45, 2.75) is 19.5 Å². The molecule has 1 aromatic heterocycles. The second kappa shape index (κ2) is 5.26. The molecule has 1 unspecified atom stereocenters. The zero-order valence-corrected chi connectivity index (χ0v) is 12.4. The number of anilines is 1. The number of hydrogen-bond acceptors (Lipinski definition) is 3. The monoisotopic (exact) mass is 285 g/mol. The van der Waals surface area contributed by atoms with Gasteiger partial charge in [0.1, 0.15) is 11.5 Å². The van der Waals surface area contributed by atoms with Gasteiger partial charge in [-0.2, -0.15) is 0 Å². The van der Waals surface area contributed by atoms with Crippen molar-refractivity contribution in [2.24, 2.45) is 0 Å². The molecule has 0 spiro atoms. The van der Waals surface area contributed by atoms with Gasteiger partial charge in [-0.1, -0.05) is 6.07 Å². The summed E-state index contributed by atoms with van der Waals surface area (Å²) in [5.74, 6) is 1.79. The standard InChI is InChI=1S/C16H19N3O2/c1-10-4-7-14(21-10)15(17-2)11-5-6-13-12(8-11)9-19(3)16(20)18-13/h4-8,15,17H,9H2,1-3H3,(H,18,20). The van der Waals surface area contributed by atoms with E-state index in [2.05, 4.69) is 16.7 Å². The van der Waals surface area contributed by atoms with Crippen LogP contribution in [-0.2, 0) is 6.54 Å². The van der Waals surface area contributed by atoms with Gasteiger partial charge in [-0.05, 0) is 49.4 Å². The molecule has 1 aromatic carbocycles. The molecule has 0 bridgehead atoms. The molecule has 0 fully saturated rings. The topological polar surface area (TPSA) is 57.5 Å². The lowest BCUT2D eigenvalue weighted by Gasteiger charge is -2.27. The highest BCUT2D eigenvalue weighted by Crippen LogP contribution is 2.29. The Morgan fingerprint density at radius 2 is 2.14 bits per heavy atom. The van der Waals surface area contributed by atoms with E-state index in [0.717, 1.165) is 28.3 Å². The van der Waals surface area contributed by atoms with Gasteiger partial charge < -0.3 is 20.0 Å². The molecule has 2 amide bonds. The summed E-state index contributed by atoms with van der Waals surface area (Å²) in [5, 5.41) is 6.16. The van der Waals surface area contributed by atoms with Crippen molar-refractivity contribution in [3.05, 3.63) is 53.0 Å². The minimum Gasteiger partial charge on any atom is -0.464 e. The van der Waals surface area contributed by atoms with Crippen LogP contribution in [0.1, 0.15) is 28.7 Å². The van der Waals surface area contributed by atoms with Crippen LogP contribution in [0.4, 0.5) is 10.5 Å². The number of carbonyl (C=O) groups excluding carboxylic acids is 1. The highest BCUT2D eigenvalue weighted by Gasteiger charge is 2.22. The first-order valence-electron chi connectivity index (χ1n) is 6.97. The van der Waals surface area contributed by atoms with Crippen LogP contribution in [0.25, 0.3) is 0 Å². The molecule has 3 rings (SSSR count). The Morgan fingerprint density at radius 1 is 1.33 bits per heavy atom. The molecule has 2 heterocycles. The highest BCUT2D eigenvalue weighted by molar-refractivity contribution is 5.92. The van der Waals surface area contributed by atoms with Crippen molar-refractivity contribution in [2.75, 3.05) is 19.4 Å². The van der Waals surface area contributed by atoms with Crippen LogP contribution >= 0.6 is 0 Å². The zero-order chi connectivity index (χ0) is 15.0. The van der Waals surface area contributed by atoms with Crippen LogP contribution in [0.2, 0.25) is 0 Å². The number of aryl methyl sites for hydroxylation is 1. The first kappa shape index (κ1) is 13.7. The fourth-order valence-corrected chi connectivity index (χ4v) is 2.67. The Labute approximate surface area is 123 Å². The first-order chi connectivity index (χ1) is 10.1. The zero-order valence-electron chi connectivity index (χ0n) is 12.4. The predicted molar refractivity (Wildman–Crippen MR) is 81.3 cm³/mol. The summed E-state index contributed by atoms with van der Waals surface area (Å²) in [7, 11) is 3.70. The molecular weight excluding hydrogens is 266 g/mol. The fourth-order valence-electron chi connectivity index (χ4n) is 2.67. The fraction of sp³-hybridized carbons (Fsp3) is 0.312. The Balaban J connectivity index is 1.95. The Hall–Kier alpha value is -2.27. The lowest BCUT2D eigenvalue weighted by Crippen LogP contribution is -2.35. The molecule has 0 saturated carbocycles. The molecule has 5 nitrogen and oxygen atoms in total. The van der Waals surface area contributed by atoms with Gasteiger partial charge in [-0.3, -0.25) is 0 Å². The summed E-state index contributed by atoms with van der Waals surface area (Å²) in [6.45, 7) is 2.55. The Kier molecular flexibility index (Phi) is 3.43. The van der Waals surface area contributed by atoms with Crippen LogP contribution in [0.3, 0.4) is 0 Å². The number of fused-ring (bicyclic) bond motifs is 1. The van der Waals surface area contributed by atoms with Crippen molar-refractivity contribution in [3.63, 3.8) is 0 Å². The average molecular weight is 285 g/mol. The van der Waals surface area contributed by atoms with E-state index >= 15 is 0 Å². The molecule has 1 aliphatic rings. The minimum atomic E-state index is -0.0675. The third-order valence-electron chi connectivity index (χ3n) is 3.79. The number of nitrogens with one attached hydrogen (secondary N) is 2. The summed E-state index contributed by atoms with van der Waals surface area (Å²) < 4.78 is 5.73. The molecule has 1 aliphatic heterocycles. The van der Waals surface area contributed by atoms with E-state index in [4.69, 9.17) is 4.42 Å². The summed E-state index contributed by atoms with van der Waals surface area (Å²) in [5.41, 5.74) is 3.11. The van der Waals surface area contributed by atoms with Gasteiger partial charge in [0.05, 0.1) is 6.04 Å². The number of benzene rings is 1. The molecule has 2 aromatic rings. The van der Waals surface area contributed by atoms with E-state index in [1.165, 1.54) is 0 Å². The van der Waals surface area contributed by atoms with Crippen LogP contribution in [0.15, 0.2) is 34.7 Å². The Bertz CT molecular complexity index is 678. The molecular formula is C16H19N3O2. The van der Waals surface area contributed by atoms with Gasteiger partial charge in [-0.15, -0.1) is 0 Å². The maximum absolute atomic E-state index is 11.6. The second-order valence-electron chi connectivity index (χ2n) is 5.37. The van der Waals surface area contributed by atoms with Crippen molar-refractivity contribution in [3.8, 4) is 0 Å². The summed E-state index contributed by atoms with van der Waals surface area (Å²) in [4.78, 5) is 13.3. The number of nitrogens with zero attached hydrogens (tertiary/aromatic N) is 1. The molecule has 0 saturated heterocycles. The number of furan rings is 1. The summed E-state index contributed by atoms with van der Waals surface area (Å²) in [6.07, 6.45) is 0. The number of amides is 2. The Morgan fingerprint density at radius 3 is 2.81 bits per heavy atom. The van der Waals surface area contributed by atoms with E-state index in [1.54, 1.807) is 11.9 Å². The van der Waals surface area contributed by atoms with Gasteiger partial charge in [-0.25, -0.2) is 4.79 Å². The van der Waals surface area contributed by atoms with Crippen molar-refractivity contribution in [1.82, 2.24) is 10.2 Å². The molecule has 1 atom stereocenters. The van der Waals surface area contributed by atoms with E-state index < -0.39 is 0 Å². The minimum absolute atomic E-state index is 0.00642. The molecule has 21 heavy (non-hydrogen) atoms. The highest BCUT2D eigenvalue weighted by atomic mass is 16.3. The molecule has 0 aliphatic carbocycles. The maximum Gasteiger partial charge on any atom is 0.321 e. The quantitative estimate of drug-likeness (QED) is 0.911. The van der Waals surface area contributed by atoms with Crippen molar-refractivity contribution >= 4 is 11.7 Å². The maximum atomic E-state index is 11.6.